The Morgan fingerprint density at radius 3 is 1.59 bits per heavy atom. The summed E-state index contributed by atoms with van der Waals surface area (Å²) in [6.07, 6.45) is 1.62. The summed E-state index contributed by atoms with van der Waals surface area (Å²) in [4.78, 5) is 73.0. The molecule has 0 heterocycles. The molecule has 0 aliphatic rings. The van der Waals surface area contributed by atoms with Gasteiger partial charge in [0.1, 0.15) is 0 Å². The van der Waals surface area contributed by atoms with Crippen molar-refractivity contribution in [3.63, 3.8) is 0 Å². The average Bonchev–Trinajstić information content (AvgIpc) is 2.93. The second-order valence-electron chi connectivity index (χ2n) is 9.99. The SMILES string of the molecule is CC.CNC(=O)c1ccc(CC(CN(CC(=O)O)C(C)CCCCN(CC(=O)O)CC(=O)O)N(CC(=O)O)CC(=O)O)cc1. The van der Waals surface area contributed by atoms with Gasteiger partial charge in [-0.05, 0) is 50.4 Å². The average molecular weight is 627 g/mol. The lowest BCUT2D eigenvalue weighted by Gasteiger charge is -2.36. The summed E-state index contributed by atoms with van der Waals surface area (Å²) in [5.74, 6) is -6.24. The Kier molecular flexibility index (Phi) is 19.6. The highest BCUT2D eigenvalue weighted by atomic mass is 16.4. The van der Waals surface area contributed by atoms with E-state index in [2.05, 4.69) is 5.32 Å². The summed E-state index contributed by atoms with van der Waals surface area (Å²) in [7, 11) is 1.49. The van der Waals surface area contributed by atoms with Gasteiger partial charge in [0, 0.05) is 31.2 Å². The molecule has 2 atom stereocenters. The van der Waals surface area contributed by atoms with E-state index in [1.165, 1.54) is 16.8 Å². The number of nitrogens with one attached hydrogen (secondary N) is 1. The summed E-state index contributed by atoms with van der Waals surface area (Å²) in [6, 6.07) is 5.44. The topological polar surface area (TPSA) is 225 Å². The maximum absolute atomic E-state index is 11.9. The third-order valence-corrected chi connectivity index (χ3v) is 6.58. The fourth-order valence-electron chi connectivity index (χ4n) is 4.58. The molecular weight excluding hydrogens is 580 g/mol. The van der Waals surface area contributed by atoms with Crippen molar-refractivity contribution in [1.29, 1.82) is 0 Å². The highest BCUT2D eigenvalue weighted by molar-refractivity contribution is 5.93. The van der Waals surface area contributed by atoms with E-state index in [9.17, 15) is 44.1 Å². The fraction of sp³-hybridized carbons (Fsp3) is 0.586. The number of carboxylic acids is 5. The zero-order valence-corrected chi connectivity index (χ0v) is 25.8. The molecule has 0 saturated carbocycles. The Labute approximate surface area is 257 Å². The van der Waals surface area contributed by atoms with Crippen molar-refractivity contribution in [2.75, 3.05) is 52.9 Å². The molecular formula is C29H46N4O11. The molecule has 0 radical (unpaired) electrons. The van der Waals surface area contributed by atoms with Crippen LogP contribution in [0.1, 0.15) is 56.0 Å². The van der Waals surface area contributed by atoms with Crippen LogP contribution in [0.2, 0.25) is 0 Å². The van der Waals surface area contributed by atoms with Crippen LogP contribution >= 0.6 is 0 Å². The van der Waals surface area contributed by atoms with Gasteiger partial charge in [-0.2, -0.15) is 0 Å². The Morgan fingerprint density at radius 1 is 0.705 bits per heavy atom. The summed E-state index contributed by atoms with van der Waals surface area (Å²) >= 11 is 0. The van der Waals surface area contributed by atoms with E-state index in [4.69, 9.17) is 10.2 Å². The van der Waals surface area contributed by atoms with Gasteiger partial charge in [-0.1, -0.05) is 32.4 Å². The van der Waals surface area contributed by atoms with Gasteiger partial charge >= 0.3 is 29.8 Å². The molecule has 0 fully saturated rings. The first kappa shape index (κ1) is 39.9. The van der Waals surface area contributed by atoms with Crippen molar-refractivity contribution in [3.8, 4) is 0 Å². The van der Waals surface area contributed by atoms with Crippen LogP contribution < -0.4 is 5.32 Å². The minimum atomic E-state index is -1.25. The number of carbonyl (C=O) groups excluding carboxylic acids is 1. The van der Waals surface area contributed by atoms with Gasteiger partial charge in [-0.25, -0.2) is 0 Å². The molecule has 0 aliphatic heterocycles. The van der Waals surface area contributed by atoms with Crippen molar-refractivity contribution < 1.29 is 54.3 Å². The van der Waals surface area contributed by atoms with Gasteiger partial charge < -0.3 is 30.8 Å². The number of unbranched alkanes of at least 4 members (excludes halogenated alkanes) is 1. The van der Waals surface area contributed by atoms with Gasteiger partial charge in [0.15, 0.2) is 0 Å². The highest BCUT2D eigenvalue weighted by Gasteiger charge is 2.28. The number of amides is 1. The molecule has 1 rings (SSSR count). The Hall–Kier alpha value is -4.08. The first-order valence-corrected chi connectivity index (χ1v) is 14.3. The van der Waals surface area contributed by atoms with Crippen molar-refractivity contribution in [3.05, 3.63) is 35.4 Å². The minimum absolute atomic E-state index is 0.0232. The first-order valence-electron chi connectivity index (χ1n) is 14.3. The van der Waals surface area contributed by atoms with Gasteiger partial charge in [-0.15, -0.1) is 0 Å². The number of benzene rings is 1. The number of hydrogen-bond acceptors (Lipinski definition) is 9. The van der Waals surface area contributed by atoms with Gasteiger partial charge in [0.2, 0.25) is 0 Å². The van der Waals surface area contributed by atoms with E-state index in [-0.39, 0.29) is 31.5 Å². The Morgan fingerprint density at radius 2 is 1.16 bits per heavy atom. The molecule has 6 N–H and O–H groups in total. The number of aliphatic carboxylic acids is 5. The summed E-state index contributed by atoms with van der Waals surface area (Å²) in [5.41, 5.74) is 1.09. The van der Waals surface area contributed by atoms with Crippen LogP contribution in [0.3, 0.4) is 0 Å². The molecule has 0 bridgehead atoms. The van der Waals surface area contributed by atoms with Crippen LogP contribution in [-0.4, -0.2) is 141 Å². The quantitative estimate of drug-likeness (QED) is 0.0983. The number of nitrogens with zero attached hydrogens (tertiary/aromatic N) is 3. The number of carboxylic acid groups (broad SMARTS) is 5. The number of rotatable bonds is 22. The van der Waals surface area contributed by atoms with Crippen LogP contribution in [0.25, 0.3) is 0 Å². The minimum Gasteiger partial charge on any atom is -0.480 e. The molecule has 1 amide bonds. The van der Waals surface area contributed by atoms with Gasteiger partial charge in [-0.3, -0.25) is 43.5 Å². The molecule has 0 saturated heterocycles. The lowest BCUT2D eigenvalue weighted by molar-refractivity contribution is -0.145. The van der Waals surface area contributed by atoms with Crippen LogP contribution in [-0.2, 0) is 30.4 Å². The largest absolute Gasteiger partial charge is 0.480 e. The summed E-state index contributed by atoms with van der Waals surface area (Å²) in [6.45, 7) is 3.58. The standard InChI is InChI=1S/C27H40N4O11.C2H6/c1-18(5-3-4-10-29(13-22(32)33)14-23(34)35)30(15-24(36)37)12-21(31(16-25(38)39)17-26(40)41)11-19-6-8-20(9-7-19)27(42)28-2;1-2/h6-9,18,21H,3-5,10-17H2,1-2H3,(H,28,42)(H,32,33)(H,34,35)(H,36,37)(H,38,39)(H,40,41);1-2H3. The molecule has 15 heteroatoms. The number of carbonyl (C=O) groups is 6. The zero-order chi connectivity index (χ0) is 33.8. The lowest BCUT2D eigenvalue weighted by Crippen LogP contribution is -2.51. The Balaban J connectivity index is 0.00000904. The molecule has 0 spiro atoms. The molecule has 0 aliphatic carbocycles. The normalized spacial score (nSPS) is 12.2. The molecule has 248 valence electrons. The van der Waals surface area contributed by atoms with Crippen molar-refractivity contribution in [2.45, 2.75) is 58.5 Å². The molecule has 0 aromatic heterocycles. The summed E-state index contributed by atoms with van der Waals surface area (Å²) in [5, 5.41) is 49.0. The third-order valence-electron chi connectivity index (χ3n) is 6.58. The van der Waals surface area contributed by atoms with E-state index >= 15 is 0 Å². The smallest absolute Gasteiger partial charge is 0.317 e. The predicted molar refractivity (Wildman–Crippen MR) is 160 cm³/mol. The molecule has 44 heavy (non-hydrogen) atoms. The van der Waals surface area contributed by atoms with E-state index < -0.39 is 68.6 Å². The molecule has 15 nitrogen and oxygen atoms in total. The Bertz CT molecular complexity index is 1050. The lowest BCUT2D eigenvalue weighted by atomic mass is 10.0. The van der Waals surface area contributed by atoms with Crippen LogP contribution in [0.4, 0.5) is 0 Å². The first-order chi connectivity index (χ1) is 20.7. The van der Waals surface area contributed by atoms with Crippen molar-refractivity contribution >= 4 is 35.8 Å². The summed E-state index contributed by atoms with van der Waals surface area (Å²) < 4.78 is 0. The van der Waals surface area contributed by atoms with E-state index in [1.807, 2.05) is 13.8 Å². The van der Waals surface area contributed by atoms with E-state index in [1.54, 1.807) is 36.1 Å². The van der Waals surface area contributed by atoms with Crippen LogP contribution in [0, 0.1) is 0 Å². The molecule has 2 unspecified atom stereocenters. The van der Waals surface area contributed by atoms with Gasteiger partial charge in [0.25, 0.3) is 5.91 Å². The van der Waals surface area contributed by atoms with E-state index in [0.29, 0.717) is 30.4 Å². The predicted octanol–water partition coefficient (Wildman–Crippen LogP) is 0.871. The van der Waals surface area contributed by atoms with E-state index in [0.717, 1.165) is 0 Å². The second-order valence-corrected chi connectivity index (χ2v) is 9.99. The zero-order valence-electron chi connectivity index (χ0n) is 25.8. The van der Waals surface area contributed by atoms with Crippen molar-refractivity contribution in [2.24, 2.45) is 0 Å². The van der Waals surface area contributed by atoms with Crippen molar-refractivity contribution in [1.82, 2.24) is 20.0 Å². The maximum atomic E-state index is 11.9. The number of hydrogen-bond donors (Lipinski definition) is 6. The molecule has 1 aromatic rings. The van der Waals surface area contributed by atoms with Crippen LogP contribution in [0.5, 0.6) is 0 Å². The highest BCUT2D eigenvalue weighted by Crippen LogP contribution is 2.17. The van der Waals surface area contributed by atoms with Gasteiger partial charge in [0.05, 0.1) is 32.7 Å². The second kappa shape index (κ2) is 21.6. The maximum Gasteiger partial charge on any atom is 0.317 e. The van der Waals surface area contributed by atoms with Crippen LogP contribution in [0.15, 0.2) is 24.3 Å². The third kappa shape index (κ3) is 17.1. The molecule has 1 aromatic carbocycles. The fourth-order valence-corrected chi connectivity index (χ4v) is 4.58. The monoisotopic (exact) mass is 626 g/mol.